The van der Waals surface area contributed by atoms with Crippen LogP contribution in [0.3, 0.4) is 0 Å². The number of aromatic nitrogens is 3. The van der Waals surface area contributed by atoms with Gasteiger partial charge in [0.1, 0.15) is 23.1 Å². The molecule has 1 saturated heterocycles. The first-order valence-electron chi connectivity index (χ1n) is 10.6. The van der Waals surface area contributed by atoms with Crippen LogP contribution in [-0.2, 0) is 0 Å². The molecule has 0 bridgehead atoms. The van der Waals surface area contributed by atoms with Crippen molar-refractivity contribution in [3.63, 3.8) is 0 Å². The maximum absolute atomic E-state index is 5.68. The number of fused-ring (bicyclic) bond motifs is 3. The molecular formula is C24H27N5O. The minimum atomic E-state index is 0.388. The van der Waals surface area contributed by atoms with Gasteiger partial charge < -0.3 is 19.5 Å². The maximum Gasteiger partial charge on any atom is 0.156 e. The Balaban J connectivity index is 1.47. The van der Waals surface area contributed by atoms with Crippen LogP contribution >= 0.6 is 0 Å². The number of nitrogens with zero attached hydrogens (tertiary/aromatic N) is 4. The van der Waals surface area contributed by atoms with Crippen molar-refractivity contribution in [3.8, 4) is 5.75 Å². The van der Waals surface area contributed by atoms with E-state index >= 15 is 0 Å². The molecule has 2 aromatic carbocycles. The molecule has 0 amide bonds. The van der Waals surface area contributed by atoms with E-state index in [4.69, 9.17) is 4.74 Å². The molecule has 4 aromatic rings. The Bertz CT molecular complexity index is 1200. The number of anilines is 2. The molecule has 0 saturated carbocycles. The number of benzene rings is 2. The van der Waals surface area contributed by atoms with E-state index in [-0.39, 0.29) is 0 Å². The van der Waals surface area contributed by atoms with Gasteiger partial charge in [0.15, 0.2) is 5.82 Å². The lowest BCUT2D eigenvalue weighted by molar-refractivity contribution is 0.341. The van der Waals surface area contributed by atoms with Gasteiger partial charge in [-0.3, -0.25) is 0 Å². The smallest absolute Gasteiger partial charge is 0.156 e. The van der Waals surface area contributed by atoms with E-state index in [0.717, 1.165) is 53.1 Å². The minimum absolute atomic E-state index is 0.388. The fraction of sp³-hybridized carbons (Fsp3) is 0.333. The average Bonchev–Trinajstić information content (AvgIpc) is 3.12. The summed E-state index contributed by atoms with van der Waals surface area (Å²) in [4.78, 5) is 17.7. The second kappa shape index (κ2) is 7.52. The van der Waals surface area contributed by atoms with E-state index in [9.17, 15) is 0 Å². The molecule has 0 unspecified atom stereocenters. The third kappa shape index (κ3) is 3.22. The Morgan fingerprint density at radius 2 is 2.03 bits per heavy atom. The summed E-state index contributed by atoms with van der Waals surface area (Å²) < 4.78 is 5.68. The van der Waals surface area contributed by atoms with Crippen LogP contribution in [0.25, 0.3) is 21.9 Å². The zero-order valence-electron chi connectivity index (χ0n) is 17.7. The summed E-state index contributed by atoms with van der Waals surface area (Å²) in [5, 5.41) is 1.08. The van der Waals surface area contributed by atoms with Crippen LogP contribution in [0, 0.1) is 6.92 Å². The fourth-order valence-electron chi connectivity index (χ4n) is 4.49. The van der Waals surface area contributed by atoms with Gasteiger partial charge in [-0.15, -0.1) is 0 Å². The second-order valence-corrected chi connectivity index (χ2v) is 8.01. The standard InChI is InChI=1S/C24H27N5O/c1-4-30-19-8-9-21-20(13-19)22-23(27-21)24(26-15-25-22)28-10-11-29(17(3)14-28)18-7-5-6-16(2)12-18/h5-9,12-13,15,17,27H,4,10-11,14H2,1-3H3/t17-/m1/s1. The number of hydrogen-bond donors (Lipinski definition) is 1. The van der Waals surface area contributed by atoms with Crippen LogP contribution in [0.5, 0.6) is 5.75 Å². The fourth-order valence-corrected chi connectivity index (χ4v) is 4.49. The molecular weight excluding hydrogens is 374 g/mol. The van der Waals surface area contributed by atoms with E-state index in [2.05, 4.69) is 75.0 Å². The quantitative estimate of drug-likeness (QED) is 0.544. The summed E-state index contributed by atoms with van der Waals surface area (Å²) in [6.45, 7) is 9.88. The van der Waals surface area contributed by atoms with Crippen molar-refractivity contribution >= 4 is 33.4 Å². The van der Waals surface area contributed by atoms with Gasteiger partial charge in [-0.25, -0.2) is 9.97 Å². The summed E-state index contributed by atoms with van der Waals surface area (Å²) in [5.41, 5.74) is 5.59. The lowest BCUT2D eigenvalue weighted by Crippen LogP contribution is -2.52. The summed E-state index contributed by atoms with van der Waals surface area (Å²) in [6, 6.07) is 15.3. The van der Waals surface area contributed by atoms with Gasteiger partial charge in [0, 0.05) is 42.3 Å². The third-order valence-electron chi connectivity index (χ3n) is 5.90. The van der Waals surface area contributed by atoms with Crippen molar-refractivity contribution < 1.29 is 4.74 Å². The normalized spacial score (nSPS) is 17.1. The molecule has 1 aliphatic heterocycles. The largest absolute Gasteiger partial charge is 0.494 e. The van der Waals surface area contributed by atoms with Crippen LogP contribution in [0.4, 0.5) is 11.5 Å². The highest BCUT2D eigenvalue weighted by molar-refractivity contribution is 6.08. The molecule has 1 aliphatic rings. The van der Waals surface area contributed by atoms with Gasteiger partial charge in [0.25, 0.3) is 0 Å². The van der Waals surface area contributed by atoms with E-state index in [0.29, 0.717) is 12.6 Å². The molecule has 0 spiro atoms. The highest BCUT2D eigenvalue weighted by Gasteiger charge is 2.26. The highest BCUT2D eigenvalue weighted by Crippen LogP contribution is 2.33. The molecule has 0 aliphatic carbocycles. The number of rotatable bonds is 4. The van der Waals surface area contributed by atoms with E-state index in [1.807, 2.05) is 13.0 Å². The molecule has 1 atom stereocenters. The van der Waals surface area contributed by atoms with Crippen LogP contribution in [0.2, 0.25) is 0 Å². The zero-order valence-corrected chi connectivity index (χ0v) is 17.7. The highest BCUT2D eigenvalue weighted by atomic mass is 16.5. The number of H-pyrrole nitrogens is 1. The molecule has 6 heteroatoms. The molecule has 5 rings (SSSR count). The van der Waals surface area contributed by atoms with E-state index in [1.165, 1.54) is 11.3 Å². The lowest BCUT2D eigenvalue weighted by Gasteiger charge is -2.42. The monoisotopic (exact) mass is 401 g/mol. The number of hydrogen-bond acceptors (Lipinski definition) is 5. The summed E-state index contributed by atoms with van der Waals surface area (Å²) in [5.74, 6) is 1.84. The second-order valence-electron chi connectivity index (χ2n) is 8.01. The SMILES string of the molecule is CCOc1ccc2[nH]c3c(N4CCN(c5cccc(C)c5)[C@H](C)C4)ncnc3c2c1. The lowest BCUT2D eigenvalue weighted by atomic mass is 10.1. The first-order valence-corrected chi connectivity index (χ1v) is 10.6. The van der Waals surface area contributed by atoms with Gasteiger partial charge in [0.05, 0.1) is 6.61 Å². The van der Waals surface area contributed by atoms with Crippen molar-refractivity contribution in [3.05, 3.63) is 54.4 Å². The van der Waals surface area contributed by atoms with Crippen LogP contribution < -0.4 is 14.5 Å². The topological polar surface area (TPSA) is 57.3 Å². The number of aryl methyl sites for hydroxylation is 1. The molecule has 2 aromatic heterocycles. The molecule has 30 heavy (non-hydrogen) atoms. The van der Waals surface area contributed by atoms with Gasteiger partial charge in [-0.05, 0) is 56.7 Å². The number of aromatic amines is 1. The average molecular weight is 402 g/mol. The maximum atomic E-state index is 5.68. The van der Waals surface area contributed by atoms with Gasteiger partial charge >= 0.3 is 0 Å². The van der Waals surface area contributed by atoms with Gasteiger partial charge in [-0.2, -0.15) is 0 Å². The molecule has 3 heterocycles. The van der Waals surface area contributed by atoms with Gasteiger partial charge in [0.2, 0.25) is 0 Å². The first kappa shape index (κ1) is 18.7. The molecule has 154 valence electrons. The van der Waals surface area contributed by atoms with Crippen molar-refractivity contribution in [2.75, 3.05) is 36.0 Å². The Hall–Kier alpha value is -3.28. The minimum Gasteiger partial charge on any atom is -0.494 e. The van der Waals surface area contributed by atoms with Crippen molar-refractivity contribution in [1.29, 1.82) is 0 Å². The van der Waals surface area contributed by atoms with Crippen LogP contribution in [-0.4, -0.2) is 47.2 Å². The first-order chi connectivity index (χ1) is 14.6. The van der Waals surface area contributed by atoms with E-state index in [1.54, 1.807) is 6.33 Å². The molecule has 6 nitrogen and oxygen atoms in total. The predicted octanol–water partition coefficient (Wildman–Crippen LogP) is 4.53. The molecule has 0 radical (unpaired) electrons. The number of nitrogens with one attached hydrogen (secondary N) is 1. The number of piperazine rings is 1. The van der Waals surface area contributed by atoms with Crippen molar-refractivity contribution in [2.24, 2.45) is 0 Å². The number of ether oxygens (including phenoxy) is 1. The van der Waals surface area contributed by atoms with E-state index < -0.39 is 0 Å². The Morgan fingerprint density at radius 3 is 2.83 bits per heavy atom. The Morgan fingerprint density at radius 1 is 1.13 bits per heavy atom. The van der Waals surface area contributed by atoms with Crippen LogP contribution in [0.15, 0.2) is 48.8 Å². The molecule has 1 N–H and O–H groups in total. The third-order valence-corrected chi connectivity index (χ3v) is 5.90. The molecule has 1 fully saturated rings. The van der Waals surface area contributed by atoms with Crippen molar-refractivity contribution in [1.82, 2.24) is 15.0 Å². The Labute approximate surface area is 176 Å². The summed E-state index contributed by atoms with van der Waals surface area (Å²) in [7, 11) is 0. The van der Waals surface area contributed by atoms with Gasteiger partial charge in [-0.1, -0.05) is 12.1 Å². The Kier molecular flexibility index (Phi) is 4.69. The zero-order chi connectivity index (χ0) is 20.7. The summed E-state index contributed by atoms with van der Waals surface area (Å²) in [6.07, 6.45) is 1.68. The summed E-state index contributed by atoms with van der Waals surface area (Å²) >= 11 is 0. The van der Waals surface area contributed by atoms with Crippen LogP contribution in [0.1, 0.15) is 19.4 Å². The predicted molar refractivity (Wildman–Crippen MR) is 123 cm³/mol. The van der Waals surface area contributed by atoms with Crippen molar-refractivity contribution in [2.45, 2.75) is 26.8 Å².